The summed E-state index contributed by atoms with van der Waals surface area (Å²) in [6.45, 7) is 3.67. The molecule has 0 saturated carbocycles. The lowest BCUT2D eigenvalue weighted by Crippen LogP contribution is -2.31. The van der Waals surface area contributed by atoms with E-state index >= 15 is 0 Å². The molecule has 2 aliphatic carbocycles. The second kappa shape index (κ2) is 10.6. The standard InChI is InChI=1S/C29H27Br2NO5/c1-15-9-10-16(2)20(11-15)32-25(35)14-36-29-18(12-17(30)13-19(29)31)26-27-21(33)5-3-7-23(27)37-24-8-4-6-22(34)28(24)26/h9-13,26H,3-8,14H2,1-2H3,(H,32,35). The first-order valence-corrected chi connectivity index (χ1v) is 14.0. The largest absolute Gasteiger partial charge is 0.482 e. The van der Waals surface area contributed by atoms with Gasteiger partial charge >= 0.3 is 0 Å². The number of halogens is 2. The van der Waals surface area contributed by atoms with Gasteiger partial charge in [-0.05, 0) is 71.9 Å². The molecule has 0 saturated heterocycles. The molecule has 0 fully saturated rings. The van der Waals surface area contributed by atoms with Crippen LogP contribution >= 0.6 is 31.9 Å². The van der Waals surface area contributed by atoms with Crippen molar-refractivity contribution < 1.29 is 23.9 Å². The number of nitrogens with one attached hydrogen (secondary N) is 1. The van der Waals surface area contributed by atoms with Crippen molar-refractivity contribution in [1.82, 2.24) is 0 Å². The lowest BCUT2D eigenvalue weighted by Gasteiger charge is -2.36. The van der Waals surface area contributed by atoms with Crippen molar-refractivity contribution in [2.75, 3.05) is 11.9 Å². The quantitative estimate of drug-likeness (QED) is 0.387. The number of carbonyl (C=O) groups excluding carboxylic acids is 3. The van der Waals surface area contributed by atoms with E-state index in [2.05, 4.69) is 37.2 Å². The number of ether oxygens (including phenoxy) is 2. The van der Waals surface area contributed by atoms with E-state index in [4.69, 9.17) is 9.47 Å². The highest BCUT2D eigenvalue weighted by Crippen LogP contribution is 2.51. The van der Waals surface area contributed by atoms with Gasteiger partial charge in [0.1, 0.15) is 17.3 Å². The zero-order chi connectivity index (χ0) is 26.3. The van der Waals surface area contributed by atoms with Crippen molar-refractivity contribution in [2.24, 2.45) is 0 Å². The first-order chi connectivity index (χ1) is 17.7. The molecule has 2 aromatic carbocycles. The molecule has 0 atom stereocenters. The Kier molecular flexibility index (Phi) is 7.41. The summed E-state index contributed by atoms with van der Waals surface area (Å²) < 4.78 is 13.7. The molecule has 1 heterocycles. The van der Waals surface area contributed by atoms with Gasteiger partial charge < -0.3 is 14.8 Å². The van der Waals surface area contributed by atoms with E-state index in [1.54, 1.807) is 0 Å². The topological polar surface area (TPSA) is 81.7 Å². The second-order valence-corrected chi connectivity index (χ2v) is 11.5. The molecule has 1 N–H and O–H groups in total. The minimum absolute atomic E-state index is 0.00844. The summed E-state index contributed by atoms with van der Waals surface area (Å²) in [5.41, 5.74) is 4.47. The van der Waals surface area contributed by atoms with Crippen LogP contribution in [-0.4, -0.2) is 24.1 Å². The molecule has 0 unspecified atom stereocenters. The van der Waals surface area contributed by atoms with Gasteiger partial charge in [-0.25, -0.2) is 0 Å². The van der Waals surface area contributed by atoms with E-state index in [0.717, 1.165) is 34.1 Å². The Balaban J connectivity index is 1.52. The van der Waals surface area contributed by atoms with Crippen molar-refractivity contribution in [2.45, 2.75) is 58.3 Å². The van der Waals surface area contributed by atoms with Crippen LogP contribution in [0.1, 0.15) is 61.1 Å². The van der Waals surface area contributed by atoms with Crippen molar-refractivity contribution in [3.05, 3.63) is 78.6 Å². The Bertz CT molecular complexity index is 1350. The summed E-state index contributed by atoms with van der Waals surface area (Å²) in [6.07, 6.45) is 3.60. The lowest BCUT2D eigenvalue weighted by molar-refractivity contribution is -0.119. The third-order valence-electron chi connectivity index (χ3n) is 7.00. The molecule has 8 heteroatoms. The van der Waals surface area contributed by atoms with Crippen LogP contribution in [0.25, 0.3) is 0 Å². The molecule has 192 valence electrons. The fraction of sp³-hybridized carbons (Fsp3) is 0.345. The van der Waals surface area contributed by atoms with Gasteiger partial charge in [0.15, 0.2) is 18.2 Å². The molecule has 0 radical (unpaired) electrons. The van der Waals surface area contributed by atoms with Gasteiger partial charge in [-0.15, -0.1) is 0 Å². The summed E-state index contributed by atoms with van der Waals surface area (Å²) in [5, 5.41) is 2.92. The Morgan fingerprint density at radius 1 is 0.973 bits per heavy atom. The third kappa shape index (κ3) is 5.18. The van der Waals surface area contributed by atoms with E-state index in [1.807, 2.05) is 44.2 Å². The summed E-state index contributed by atoms with van der Waals surface area (Å²) >= 11 is 7.15. The summed E-state index contributed by atoms with van der Waals surface area (Å²) in [4.78, 5) is 39.3. The molecule has 1 aliphatic heterocycles. The fourth-order valence-corrected chi connectivity index (χ4v) is 6.64. The Labute approximate surface area is 232 Å². The lowest BCUT2D eigenvalue weighted by atomic mass is 9.73. The van der Waals surface area contributed by atoms with E-state index in [0.29, 0.717) is 64.1 Å². The average molecular weight is 629 g/mol. The number of aryl methyl sites for hydroxylation is 2. The molecule has 6 nitrogen and oxygen atoms in total. The van der Waals surface area contributed by atoms with Gasteiger partial charge in [0.25, 0.3) is 5.91 Å². The van der Waals surface area contributed by atoms with E-state index in [-0.39, 0.29) is 24.1 Å². The van der Waals surface area contributed by atoms with Crippen molar-refractivity contribution >= 4 is 55.0 Å². The molecule has 0 aromatic heterocycles. The monoisotopic (exact) mass is 627 g/mol. The summed E-state index contributed by atoms with van der Waals surface area (Å²) in [5.74, 6) is 0.834. The average Bonchev–Trinajstić information content (AvgIpc) is 2.84. The van der Waals surface area contributed by atoms with Crippen LogP contribution < -0.4 is 10.1 Å². The molecule has 0 spiro atoms. The maximum Gasteiger partial charge on any atom is 0.262 e. The number of rotatable bonds is 5. The van der Waals surface area contributed by atoms with E-state index in [1.165, 1.54) is 0 Å². The van der Waals surface area contributed by atoms with Gasteiger partial charge in [0, 0.05) is 52.6 Å². The molecule has 37 heavy (non-hydrogen) atoms. The Morgan fingerprint density at radius 2 is 1.62 bits per heavy atom. The smallest absolute Gasteiger partial charge is 0.262 e. The van der Waals surface area contributed by atoms with Crippen LogP contribution in [0.15, 0.2) is 61.9 Å². The first-order valence-electron chi connectivity index (χ1n) is 12.4. The van der Waals surface area contributed by atoms with Gasteiger partial charge in [-0.3, -0.25) is 14.4 Å². The number of hydrogen-bond acceptors (Lipinski definition) is 5. The molecular weight excluding hydrogens is 602 g/mol. The van der Waals surface area contributed by atoms with Crippen LogP contribution in [0.4, 0.5) is 5.69 Å². The molecule has 2 aromatic rings. The van der Waals surface area contributed by atoms with Crippen LogP contribution in [-0.2, 0) is 19.1 Å². The van der Waals surface area contributed by atoms with Crippen LogP contribution in [0.3, 0.4) is 0 Å². The normalized spacial score (nSPS) is 17.8. The van der Waals surface area contributed by atoms with E-state index in [9.17, 15) is 14.4 Å². The van der Waals surface area contributed by atoms with Gasteiger partial charge in [0.05, 0.1) is 10.4 Å². The number of allylic oxidation sites excluding steroid dienone is 4. The highest BCUT2D eigenvalue weighted by molar-refractivity contribution is 9.11. The summed E-state index contributed by atoms with van der Waals surface area (Å²) in [7, 11) is 0. The predicted octanol–water partition coefficient (Wildman–Crippen LogP) is 6.97. The number of Topliss-reactive ketones (excluding diaryl/α,β-unsaturated/α-hetero) is 2. The molecule has 0 bridgehead atoms. The minimum Gasteiger partial charge on any atom is -0.482 e. The fourth-order valence-electron chi connectivity index (χ4n) is 5.27. The number of anilines is 1. The Morgan fingerprint density at radius 3 is 2.27 bits per heavy atom. The predicted molar refractivity (Wildman–Crippen MR) is 147 cm³/mol. The Hall–Kier alpha value is -2.71. The highest BCUT2D eigenvalue weighted by atomic mass is 79.9. The second-order valence-electron chi connectivity index (χ2n) is 9.72. The number of amides is 1. The molecule has 3 aliphatic rings. The van der Waals surface area contributed by atoms with Crippen LogP contribution in [0.5, 0.6) is 5.75 Å². The van der Waals surface area contributed by atoms with Gasteiger partial charge in [-0.1, -0.05) is 28.1 Å². The van der Waals surface area contributed by atoms with Gasteiger partial charge in [0.2, 0.25) is 0 Å². The molecular formula is C29H27Br2NO5. The number of ketones is 2. The first kappa shape index (κ1) is 25.9. The third-order valence-corrected chi connectivity index (χ3v) is 8.05. The number of benzene rings is 2. The van der Waals surface area contributed by atoms with Gasteiger partial charge in [-0.2, -0.15) is 0 Å². The van der Waals surface area contributed by atoms with E-state index < -0.39 is 5.92 Å². The maximum atomic E-state index is 13.2. The maximum absolute atomic E-state index is 13.2. The van der Waals surface area contributed by atoms with Crippen molar-refractivity contribution in [1.29, 1.82) is 0 Å². The van der Waals surface area contributed by atoms with Crippen LogP contribution in [0.2, 0.25) is 0 Å². The van der Waals surface area contributed by atoms with Crippen molar-refractivity contribution in [3.8, 4) is 5.75 Å². The SMILES string of the molecule is Cc1ccc(C)c(NC(=O)COc2c(Br)cc(Br)cc2C2C3=C(CCCC3=O)OC3=C2C(=O)CCC3)c1. The molecule has 5 rings (SSSR count). The highest BCUT2D eigenvalue weighted by Gasteiger charge is 2.43. The zero-order valence-corrected chi connectivity index (χ0v) is 23.9. The summed E-state index contributed by atoms with van der Waals surface area (Å²) in [6, 6.07) is 9.57. The number of hydrogen-bond donors (Lipinski definition) is 1. The van der Waals surface area contributed by atoms with Crippen LogP contribution in [0, 0.1) is 13.8 Å². The number of carbonyl (C=O) groups is 3. The van der Waals surface area contributed by atoms with Crippen molar-refractivity contribution in [3.63, 3.8) is 0 Å². The molecule has 1 amide bonds. The zero-order valence-electron chi connectivity index (χ0n) is 20.7. The minimum atomic E-state index is -0.592.